The highest BCUT2D eigenvalue weighted by atomic mass is 35.5. The van der Waals surface area contributed by atoms with E-state index in [2.05, 4.69) is 5.32 Å². The summed E-state index contributed by atoms with van der Waals surface area (Å²) in [7, 11) is 0. The van der Waals surface area contributed by atoms with E-state index < -0.39 is 55.4 Å². The summed E-state index contributed by atoms with van der Waals surface area (Å²) in [5.74, 6) is -3.13. The third-order valence-corrected chi connectivity index (χ3v) is 4.91. The van der Waals surface area contributed by atoms with Gasteiger partial charge in [0.2, 0.25) is 11.8 Å². The van der Waals surface area contributed by atoms with Gasteiger partial charge in [-0.05, 0) is 42.8 Å². The molecule has 0 aliphatic carbocycles. The molecule has 0 bridgehead atoms. The summed E-state index contributed by atoms with van der Waals surface area (Å²) in [6.07, 6.45) is -5.13. The van der Waals surface area contributed by atoms with Crippen LogP contribution in [0.2, 0.25) is 0 Å². The number of carbonyl (C=O) groups is 3. The lowest BCUT2D eigenvalue weighted by Gasteiger charge is -2.22. The number of carbonyl (C=O) groups excluding carboxylic acids is 3. The van der Waals surface area contributed by atoms with E-state index in [4.69, 9.17) is 10.5 Å². The van der Waals surface area contributed by atoms with Crippen LogP contribution < -0.4 is 15.8 Å². The molecule has 1 saturated heterocycles. The number of ether oxygens (including phenoxy) is 1. The Bertz CT molecular complexity index is 955. The number of likely N-dealkylation sites (tertiary alicyclic amines) is 1. The van der Waals surface area contributed by atoms with Crippen molar-refractivity contribution in [3.63, 3.8) is 0 Å². The van der Waals surface area contributed by atoms with Crippen LogP contribution in [-0.4, -0.2) is 47.9 Å². The normalized spacial score (nSPS) is 17.9. The molecule has 3 N–H and O–H groups in total. The molecule has 1 aliphatic rings. The fraction of sp³-hybridized carbons (Fsp3) is 0.286. The van der Waals surface area contributed by atoms with Crippen molar-refractivity contribution in [3.05, 3.63) is 60.2 Å². The third kappa shape index (κ3) is 6.13. The van der Waals surface area contributed by atoms with E-state index in [9.17, 15) is 27.6 Å². The van der Waals surface area contributed by atoms with Crippen LogP contribution in [-0.2, 0) is 9.59 Å². The Kier molecular flexibility index (Phi) is 8.09. The number of nitrogens with one attached hydrogen (secondary N) is 1. The molecule has 2 aromatic carbocycles. The van der Waals surface area contributed by atoms with Gasteiger partial charge in [0.1, 0.15) is 17.5 Å². The second-order valence-electron chi connectivity index (χ2n) is 7.06. The maximum Gasteiger partial charge on any atom is 0.393 e. The van der Waals surface area contributed by atoms with Crippen molar-refractivity contribution in [1.82, 2.24) is 10.2 Å². The monoisotopic (exact) mass is 471 g/mol. The lowest BCUT2D eigenvalue weighted by atomic mass is 10.1. The van der Waals surface area contributed by atoms with Crippen LogP contribution in [0.4, 0.5) is 13.2 Å². The summed E-state index contributed by atoms with van der Waals surface area (Å²) >= 11 is 0. The zero-order chi connectivity index (χ0) is 22.6. The van der Waals surface area contributed by atoms with E-state index >= 15 is 0 Å². The minimum absolute atomic E-state index is 0. The first-order valence-corrected chi connectivity index (χ1v) is 9.42. The Labute approximate surface area is 188 Å². The van der Waals surface area contributed by atoms with Crippen LogP contribution in [0.3, 0.4) is 0 Å². The molecule has 11 heteroatoms. The Morgan fingerprint density at radius 2 is 1.62 bits per heavy atom. The highest BCUT2D eigenvalue weighted by Crippen LogP contribution is 2.36. The Morgan fingerprint density at radius 3 is 2.19 bits per heavy atom. The Balaban J connectivity index is 0.00000363. The van der Waals surface area contributed by atoms with Gasteiger partial charge in [0.05, 0.1) is 12.5 Å². The minimum Gasteiger partial charge on any atom is -0.457 e. The van der Waals surface area contributed by atoms with Crippen LogP contribution in [0.5, 0.6) is 11.5 Å². The molecule has 3 rings (SSSR count). The molecular formula is C21H21ClF3N3O4. The second kappa shape index (κ2) is 10.4. The predicted octanol–water partition coefficient (Wildman–Crippen LogP) is 2.90. The number of halogens is 4. The molecule has 2 atom stereocenters. The average Bonchev–Trinajstić information content (AvgIpc) is 3.20. The number of nitrogens with two attached hydrogens (primary N) is 1. The molecule has 0 saturated carbocycles. The van der Waals surface area contributed by atoms with E-state index in [-0.39, 0.29) is 18.0 Å². The number of amides is 3. The van der Waals surface area contributed by atoms with Gasteiger partial charge in [0, 0.05) is 12.1 Å². The van der Waals surface area contributed by atoms with Crippen molar-refractivity contribution in [2.75, 3.05) is 13.1 Å². The van der Waals surface area contributed by atoms with Gasteiger partial charge in [-0.2, -0.15) is 13.2 Å². The molecule has 172 valence electrons. The van der Waals surface area contributed by atoms with Crippen molar-refractivity contribution in [3.8, 4) is 11.5 Å². The smallest absolute Gasteiger partial charge is 0.393 e. The summed E-state index contributed by atoms with van der Waals surface area (Å²) < 4.78 is 44.5. The van der Waals surface area contributed by atoms with Crippen molar-refractivity contribution in [2.24, 2.45) is 11.7 Å². The second-order valence-corrected chi connectivity index (χ2v) is 7.06. The molecule has 0 spiro atoms. The van der Waals surface area contributed by atoms with Crippen molar-refractivity contribution < 1.29 is 32.3 Å². The van der Waals surface area contributed by atoms with Gasteiger partial charge >= 0.3 is 6.18 Å². The SMILES string of the molecule is Cl.NC(=O)C1CC(C(F)(F)F)CN1C(=O)CNC(=O)c1ccc(Oc2ccccc2)cc1. The number of hydrogen-bond donors (Lipinski definition) is 2. The third-order valence-electron chi connectivity index (χ3n) is 4.91. The summed E-state index contributed by atoms with van der Waals surface area (Å²) in [5, 5.41) is 2.35. The number of benzene rings is 2. The highest BCUT2D eigenvalue weighted by molar-refractivity contribution is 5.97. The average molecular weight is 472 g/mol. The Hall–Kier alpha value is -3.27. The van der Waals surface area contributed by atoms with Crippen LogP contribution >= 0.6 is 12.4 Å². The quantitative estimate of drug-likeness (QED) is 0.676. The first-order valence-electron chi connectivity index (χ1n) is 9.42. The van der Waals surface area contributed by atoms with Gasteiger partial charge in [0.15, 0.2) is 0 Å². The number of alkyl halides is 3. The fourth-order valence-electron chi connectivity index (χ4n) is 3.28. The predicted molar refractivity (Wildman–Crippen MR) is 111 cm³/mol. The zero-order valence-corrected chi connectivity index (χ0v) is 17.5. The van der Waals surface area contributed by atoms with E-state index in [1.165, 1.54) is 12.1 Å². The molecule has 1 heterocycles. The molecule has 2 aromatic rings. The van der Waals surface area contributed by atoms with Gasteiger partial charge in [0.25, 0.3) is 5.91 Å². The van der Waals surface area contributed by atoms with Gasteiger partial charge in [-0.1, -0.05) is 18.2 Å². The molecule has 1 fully saturated rings. The summed E-state index contributed by atoms with van der Waals surface area (Å²) in [5.41, 5.74) is 5.38. The standard InChI is InChI=1S/C21H20F3N3O4.ClH/c22-21(23,24)14-10-17(19(25)29)27(12-14)18(28)11-26-20(30)13-6-8-16(9-7-13)31-15-4-2-1-3-5-15;/h1-9,14,17H,10-12H2,(H2,25,29)(H,26,30);1H. The topological polar surface area (TPSA) is 102 Å². The van der Waals surface area contributed by atoms with Crippen LogP contribution in [0.25, 0.3) is 0 Å². The number of rotatable bonds is 6. The number of primary amides is 1. The van der Waals surface area contributed by atoms with Crippen LogP contribution in [0, 0.1) is 5.92 Å². The largest absolute Gasteiger partial charge is 0.457 e. The molecule has 1 aliphatic heterocycles. The van der Waals surface area contributed by atoms with Crippen LogP contribution in [0.15, 0.2) is 54.6 Å². The van der Waals surface area contributed by atoms with E-state index in [1.54, 1.807) is 24.3 Å². The summed E-state index contributed by atoms with van der Waals surface area (Å²) in [6.45, 7) is -1.23. The van der Waals surface area contributed by atoms with Crippen molar-refractivity contribution in [2.45, 2.75) is 18.6 Å². The molecule has 0 radical (unpaired) electrons. The molecule has 2 unspecified atom stereocenters. The summed E-state index contributed by atoms with van der Waals surface area (Å²) in [4.78, 5) is 36.9. The molecule has 0 aromatic heterocycles. The molecular weight excluding hydrogens is 451 g/mol. The molecule has 3 amide bonds. The van der Waals surface area contributed by atoms with Gasteiger partial charge < -0.3 is 20.7 Å². The number of nitrogens with zero attached hydrogens (tertiary/aromatic N) is 1. The Morgan fingerprint density at radius 1 is 1.03 bits per heavy atom. The lowest BCUT2D eigenvalue weighted by Crippen LogP contribution is -2.47. The maximum absolute atomic E-state index is 13.0. The zero-order valence-electron chi connectivity index (χ0n) is 16.7. The fourth-order valence-corrected chi connectivity index (χ4v) is 3.28. The lowest BCUT2D eigenvalue weighted by molar-refractivity contribution is -0.171. The first kappa shape index (κ1) is 25.0. The van der Waals surface area contributed by atoms with Crippen LogP contribution in [0.1, 0.15) is 16.8 Å². The van der Waals surface area contributed by atoms with E-state index in [0.29, 0.717) is 11.5 Å². The molecule has 7 nitrogen and oxygen atoms in total. The minimum atomic E-state index is -4.55. The highest BCUT2D eigenvalue weighted by Gasteiger charge is 2.50. The van der Waals surface area contributed by atoms with Gasteiger partial charge in [-0.3, -0.25) is 14.4 Å². The molecule has 32 heavy (non-hydrogen) atoms. The first-order chi connectivity index (χ1) is 14.6. The summed E-state index contributed by atoms with van der Waals surface area (Å²) in [6, 6.07) is 13.8. The number of para-hydroxylation sites is 1. The van der Waals surface area contributed by atoms with Crippen molar-refractivity contribution in [1.29, 1.82) is 0 Å². The van der Waals surface area contributed by atoms with Gasteiger partial charge in [-0.25, -0.2) is 0 Å². The van der Waals surface area contributed by atoms with E-state index in [1.807, 2.05) is 18.2 Å². The van der Waals surface area contributed by atoms with Crippen molar-refractivity contribution >= 4 is 30.1 Å². The van der Waals surface area contributed by atoms with E-state index in [0.717, 1.165) is 4.90 Å². The van der Waals surface area contributed by atoms with Gasteiger partial charge in [-0.15, -0.1) is 12.4 Å². The number of hydrogen-bond acceptors (Lipinski definition) is 4. The maximum atomic E-state index is 13.0.